The van der Waals surface area contributed by atoms with Crippen LogP contribution in [0.3, 0.4) is 0 Å². The quantitative estimate of drug-likeness (QED) is 0.378. The van der Waals surface area contributed by atoms with E-state index >= 15 is 0 Å². The number of benzene rings is 4. The molecule has 0 N–H and O–H groups in total. The molecular formula is C22H21O2Si. The molecular weight excluding hydrogens is 324 g/mol. The summed E-state index contributed by atoms with van der Waals surface area (Å²) < 4.78 is 11.7. The van der Waals surface area contributed by atoms with Crippen LogP contribution in [0.15, 0.2) is 66.7 Å². The van der Waals surface area contributed by atoms with Crippen molar-refractivity contribution in [2.45, 2.75) is 13.8 Å². The third-order valence-corrected chi connectivity index (χ3v) is 6.33. The molecule has 0 saturated carbocycles. The summed E-state index contributed by atoms with van der Waals surface area (Å²) in [6.45, 7) is 5.39. The number of hydrogen-bond donors (Lipinski definition) is 0. The monoisotopic (exact) mass is 345 g/mol. The lowest BCUT2D eigenvalue weighted by Gasteiger charge is -2.14. The minimum absolute atomic E-state index is 0.677. The van der Waals surface area contributed by atoms with Gasteiger partial charge in [-0.25, -0.2) is 0 Å². The fourth-order valence-corrected chi connectivity index (χ4v) is 4.72. The van der Waals surface area contributed by atoms with E-state index in [4.69, 9.17) is 8.85 Å². The summed E-state index contributed by atoms with van der Waals surface area (Å²) in [7, 11) is -1.40. The Hall–Kier alpha value is -2.20. The van der Waals surface area contributed by atoms with Crippen LogP contribution < -0.4 is 5.19 Å². The topological polar surface area (TPSA) is 18.5 Å². The van der Waals surface area contributed by atoms with E-state index in [2.05, 4.69) is 66.7 Å². The van der Waals surface area contributed by atoms with Gasteiger partial charge in [0.05, 0.1) is 0 Å². The Kier molecular flexibility index (Phi) is 4.53. The lowest BCUT2D eigenvalue weighted by Crippen LogP contribution is -2.36. The van der Waals surface area contributed by atoms with Gasteiger partial charge in [-0.15, -0.1) is 0 Å². The standard InChI is InChI=1S/C22H21O2Si/c1-3-23-25(24-4-2)22-10-9-18-13-19-11-16-7-5-6-8-17(16)12-20(19)14-21(18)15-22/h5-15H,3-4H2,1-2H3. The second-order valence-corrected chi connectivity index (χ2v) is 7.84. The fourth-order valence-electron chi connectivity index (χ4n) is 3.29. The van der Waals surface area contributed by atoms with E-state index < -0.39 is 9.28 Å². The van der Waals surface area contributed by atoms with Crippen LogP contribution in [0.5, 0.6) is 0 Å². The molecule has 0 aliphatic heterocycles. The molecule has 0 heterocycles. The lowest BCUT2D eigenvalue weighted by molar-refractivity contribution is 0.225. The van der Waals surface area contributed by atoms with E-state index in [-0.39, 0.29) is 0 Å². The van der Waals surface area contributed by atoms with Gasteiger partial charge in [0.1, 0.15) is 0 Å². The maximum atomic E-state index is 5.84. The first-order valence-electron chi connectivity index (χ1n) is 8.77. The van der Waals surface area contributed by atoms with Gasteiger partial charge in [-0.3, -0.25) is 0 Å². The predicted octanol–water partition coefficient (Wildman–Crippen LogP) is 4.91. The van der Waals surface area contributed by atoms with Crippen LogP contribution in [0.2, 0.25) is 0 Å². The average molecular weight is 345 g/mol. The summed E-state index contributed by atoms with van der Waals surface area (Å²) in [4.78, 5) is 0. The van der Waals surface area contributed by atoms with Crippen molar-refractivity contribution in [2.24, 2.45) is 0 Å². The highest BCUT2D eigenvalue weighted by Crippen LogP contribution is 2.27. The summed E-state index contributed by atoms with van der Waals surface area (Å²) in [6, 6.07) is 24.2. The van der Waals surface area contributed by atoms with Gasteiger partial charge >= 0.3 is 9.28 Å². The van der Waals surface area contributed by atoms with Crippen LogP contribution in [0.4, 0.5) is 0 Å². The van der Waals surface area contributed by atoms with Crippen molar-refractivity contribution < 1.29 is 8.85 Å². The van der Waals surface area contributed by atoms with E-state index in [0.717, 1.165) is 0 Å². The Morgan fingerprint density at radius 3 is 1.64 bits per heavy atom. The Balaban J connectivity index is 1.86. The van der Waals surface area contributed by atoms with Crippen molar-refractivity contribution in [1.29, 1.82) is 0 Å². The first-order valence-corrected chi connectivity index (χ1v) is 10.1. The maximum Gasteiger partial charge on any atom is 0.423 e. The highest BCUT2D eigenvalue weighted by molar-refractivity contribution is 6.61. The van der Waals surface area contributed by atoms with Crippen LogP contribution in [0.25, 0.3) is 32.3 Å². The molecule has 125 valence electrons. The van der Waals surface area contributed by atoms with Crippen LogP contribution in [-0.2, 0) is 8.85 Å². The molecule has 2 nitrogen and oxygen atoms in total. The van der Waals surface area contributed by atoms with E-state index in [9.17, 15) is 0 Å². The molecule has 0 amide bonds. The predicted molar refractivity (Wildman–Crippen MR) is 108 cm³/mol. The van der Waals surface area contributed by atoms with E-state index in [1.54, 1.807) is 0 Å². The molecule has 0 saturated heterocycles. The Bertz CT molecular complexity index is 1040. The van der Waals surface area contributed by atoms with Crippen molar-refractivity contribution in [3.05, 3.63) is 66.7 Å². The molecule has 0 spiro atoms. The zero-order valence-electron chi connectivity index (χ0n) is 14.6. The van der Waals surface area contributed by atoms with Crippen molar-refractivity contribution >= 4 is 46.8 Å². The molecule has 25 heavy (non-hydrogen) atoms. The molecule has 4 aromatic rings. The smallest absolute Gasteiger partial charge is 0.390 e. The van der Waals surface area contributed by atoms with Crippen molar-refractivity contribution in [1.82, 2.24) is 0 Å². The van der Waals surface area contributed by atoms with Gasteiger partial charge in [-0.05, 0) is 75.6 Å². The van der Waals surface area contributed by atoms with E-state index in [1.165, 1.54) is 37.5 Å². The van der Waals surface area contributed by atoms with Crippen molar-refractivity contribution in [3.63, 3.8) is 0 Å². The van der Waals surface area contributed by atoms with Gasteiger partial charge in [-0.2, -0.15) is 0 Å². The fraction of sp³-hybridized carbons (Fsp3) is 0.182. The minimum atomic E-state index is -1.40. The summed E-state index contributed by atoms with van der Waals surface area (Å²) in [6.07, 6.45) is 0. The van der Waals surface area contributed by atoms with Gasteiger partial charge in [0, 0.05) is 13.2 Å². The molecule has 0 bridgehead atoms. The van der Waals surface area contributed by atoms with Gasteiger partial charge < -0.3 is 8.85 Å². The second-order valence-electron chi connectivity index (χ2n) is 6.11. The molecule has 0 atom stereocenters. The lowest BCUT2D eigenvalue weighted by atomic mass is 10.00. The summed E-state index contributed by atoms with van der Waals surface area (Å²) >= 11 is 0. The second kappa shape index (κ2) is 6.96. The first kappa shape index (κ1) is 16.3. The third-order valence-electron chi connectivity index (χ3n) is 4.45. The largest absolute Gasteiger partial charge is 0.423 e. The molecule has 4 rings (SSSR count). The number of hydrogen-bond acceptors (Lipinski definition) is 2. The van der Waals surface area contributed by atoms with Crippen LogP contribution in [0, 0.1) is 0 Å². The SMILES string of the molecule is CCO[Si](OCC)c1ccc2cc3cc4ccccc4cc3cc2c1. The van der Waals surface area contributed by atoms with Gasteiger partial charge in [0.15, 0.2) is 0 Å². The van der Waals surface area contributed by atoms with Gasteiger partial charge in [0.25, 0.3) is 0 Å². The average Bonchev–Trinajstić information content (AvgIpc) is 2.64. The normalized spacial score (nSPS) is 11.8. The number of rotatable bonds is 5. The minimum Gasteiger partial charge on any atom is -0.390 e. The molecule has 1 radical (unpaired) electrons. The number of fused-ring (bicyclic) bond motifs is 3. The van der Waals surface area contributed by atoms with Crippen molar-refractivity contribution in [3.8, 4) is 0 Å². The molecule has 3 heteroatoms. The highest BCUT2D eigenvalue weighted by atomic mass is 28.3. The summed E-state index contributed by atoms with van der Waals surface area (Å²) in [5.74, 6) is 0. The molecule has 0 fully saturated rings. The third kappa shape index (κ3) is 3.18. The zero-order chi connectivity index (χ0) is 17.2. The van der Waals surface area contributed by atoms with E-state index in [1.807, 2.05) is 13.8 Å². The van der Waals surface area contributed by atoms with E-state index in [0.29, 0.717) is 13.2 Å². The molecule has 0 aliphatic carbocycles. The molecule has 0 aliphatic rings. The van der Waals surface area contributed by atoms with Crippen LogP contribution in [-0.4, -0.2) is 22.5 Å². The van der Waals surface area contributed by atoms with Crippen molar-refractivity contribution in [2.75, 3.05) is 13.2 Å². The molecule has 0 aromatic heterocycles. The molecule has 4 aromatic carbocycles. The Labute approximate surface area is 149 Å². The Morgan fingerprint density at radius 2 is 1.08 bits per heavy atom. The van der Waals surface area contributed by atoms with Gasteiger partial charge in [-0.1, -0.05) is 42.5 Å². The molecule has 0 unspecified atom stereocenters. The van der Waals surface area contributed by atoms with Crippen LogP contribution in [0.1, 0.15) is 13.8 Å². The summed E-state index contributed by atoms with van der Waals surface area (Å²) in [5, 5.41) is 8.76. The maximum absolute atomic E-state index is 5.84. The van der Waals surface area contributed by atoms with Crippen LogP contribution >= 0.6 is 0 Å². The first-order chi connectivity index (χ1) is 12.3. The zero-order valence-corrected chi connectivity index (χ0v) is 15.6. The highest BCUT2D eigenvalue weighted by Gasteiger charge is 2.18. The Morgan fingerprint density at radius 1 is 0.600 bits per heavy atom. The van der Waals surface area contributed by atoms with Gasteiger partial charge in [0.2, 0.25) is 0 Å². The summed E-state index contributed by atoms with van der Waals surface area (Å²) in [5.41, 5.74) is 0.